The predicted octanol–water partition coefficient (Wildman–Crippen LogP) is 1.60. The molecular weight excluding hydrogens is 206 g/mol. The van der Waals surface area contributed by atoms with Gasteiger partial charge in [-0.3, -0.25) is 9.69 Å². The van der Waals surface area contributed by atoms with Crippen LogP contribution in [0.4, 0.5) is 4.79 Å². The number of cyclic esters (lactones) is 1. The summed E-state index contributed by atoms with van der Waals surface area (Å²) < 4.78 is 4.88. The lowest BCUT2D eigenvalue weighted by Crippen LogP contribution is -2.37. The number of rotatable bonds is 3. The van der Waals surface area contributed by atoms with Gasteiger partial charge in [0.15, 0.2) is 5.78 Å². The van der Waals surface area contributed by atoms with E-state index in [0.717, 1.165) is 5.56 Å². The van der Waals surface area contributed by atoms with E-state index in [9.17, 15) is 9.59 Å². The molecule has 1 unspecified atom stereocenters. The van der Waals surface area contributed by atoms with E-state index in [2.05, 4.69) is 0 Å². The van der Waals surface area contributed by atoms with Gasteiger partial charge in [0.05, 0.1) is 0 Å². The SMILES string of the molecule is CC(=O)C1COC(=O)N1Cc1ccccc1. The molecule has 1 aromatic carbocycles. The highest BCUT2D eigenvalue weighted by Gasteiger charge is 2.35. The second-order valence-corrected chi connectivity index (χ2v) is 3.82. The van der Waals surface area contributed by atoms with Crippen LogP contribution in [0.3, 0.4) is 0 Å². The second kappa shape index (κ2) is 4.35. The molecule has 1 fully saturated rings. The van der Waals surface area contributed by atoms with Crippen molar-refractivity contribution in [1.82, 2.24) is 4.90 Å². The molecule has 0 saturated carbocycles. The fourth-order valence-corrected chi connectivity index (χ4v) is 1.74. The summed E-state index contributed by atoms with van der Waals surface area (Å²) in [6.07, 6.45) is -0.413. The number of hydrogen-bond acceptors (Lipinski definition) is 3. The first-order valence-corrected chi connectivity index (χ1v) is 5.16. The van der Waals surface area contributed by atoms with Crippen molar-refractivity contribution in [2.75, 3.05) is 6.61 Å². The second-order valence-electron chi connectivity index (χ2n) is 3.82. The largest absolute Gasteiger partial charge is 0.447 e. The number of nitrogens with zero attached hydrogens (tertiary/aromatic N) is 1. The summed E-state index contributed by atoms with van der Waals surface area (Å²) in [5.41, 5.74) is 0.993. The quantitative estimate of drug-likeness (QED) is 0.775. The summed E-state index contributed by atoms with van der Waals surface area (Å²) >= 11 is 0. The predicted molar refractivity (Wildman–Crippen MR) is 57.8 cm³/mol. The standard InChI is InChI=1S/C12H13NO3/c1-9(14)11-8-16-12(15)13(11)7-10-5-3-2-4-6-10/h2-6,11H,7-8H2,1H3. The molecule has 0 bridgehead atoms. The summed E-state index contributed by atoms with van der Waals surface area (Å²) in [4.78, 5) is 24.2. The molecule has 84 valence electrons. The molecule has 0 aromatic heterocycles. The van der Waals surface area contributed by atoms with Crippen molar-refractivity contribution >= 4 is 11.9 Å². The normalized spacial score (nSPS) is 19.7. The van der Waals surface area contributed by atoms with E-state index in [-0.39, 0.29) is 12.4 Å². The Labute approximate surface area is 93.8 Å². The number of amides is 1. The van der Waals surface area contributed by atoms with Crippen molar-refractivity contribution in [3.05, 3.63) is 35.9 Å². The Kier molecular flexibility index (Phi) is 2.90. The topological polar surface area (TPSA) is 46.6 Å². The number of benzene rings is 1. The highest BCUT2D eigenvalue weighted by Crippen LogP contribution is 2.16. The van der Waals surface area contributed by atoms with Gasteiger partial charge < -0.3 is 4.74 Å². The van der Waals surface area contributed by atoms with Gasteiger partial charge in [-0.1, -0.05) is 30.3 Å². The lowest BCUT2D eigenvalue weighted by atomic mass is 10.1. The van der Waals surface area contributed by atoms with E-state index < -0.39 is 12.1 Å². The molecule has 0 radical (unpaired) electrons. The van der Waals surface area contributed by atoms with E-state index in [1.54, 1.807) is 0 Å². The molecular formula is C12H13NO3. The van der Waals surface area contributed by atoms with Crippen molar-refractivity contribution in [2.45, 2.75) is 19.5 Å². The highest BCUT2D eigenvalue weighted by molar-refractivity contribution is 5.87. The third kappa shape index (κ3) is 2.05. The lowest BCUT2D eigenvalue weighted by Gasteiger charge is -2.18. The molecule has 1 amide bonds. The maximum absolute atomic E-state index is 11.4. The Hall–Kier alpha value is -1.84. The van der Waals surface area contributed by atoms with Gasteiger partial charge in [-0.25, -0.2) is 4.79 Å². The van der Waals surface area contributed by atoms with Gasteiger partial charge in [-0.05, 0) is 12.5 Å². The number of ketones is 1. The summed E-state index contributed by atoms with van der Waals surface area (Å²) in [6.45, 7) is 2.07. The smallest absolute Gasteiger partial charge is 0.410 e. The van der Waals surface area contributed by atoms with Crippen molar-refractivity contribution in [3.8, 4) is 0 Å². The van der Waals surface area contributed by atoms with Crippen LogP contribution in [-0.4, -0.2) is 29.4 Å². The molecule has 2 rings (SSSR count). The first-order valence-electron chi connectivity index (χ1n) is 5.16. The van der Waals surface area contributed by atoms with Gasteiger partial charge in [0.2, 0.25) is 0 Å². The lowest BCUT2D eigenvalue weighted by molar-refractivity contribution is -0.120. The van der Waals surface area contributed by atoms with Crippen molar-refractivity contribution in [1.29, 1.82) is 0 Å². The molecule has 0 N–H and O–H groups in total. The Bertz CT molecular complexity index is 402. The highest BCUT2D eigenvalue weighted by atomic mass is 16.6. The fourth-order valence-electron chi connectivity index (χ4n) is 1.74. The third-order valence-corrected chi connectivity index (χ3v) is 2.64. The van der Waals surface area contributed by atoms with E-state index >= 15 is 0 Å². The number of carbonyl (C=O) groups excluding carboxylic acids is 2. The maximum atomic E-state index is 11.4. The van der Waals surface area contributed by atoms with Crippen LogP contribution < -0.4 is 0 Å². The van der Waals surface area contributed by atoms with E-state index in [1.165, 1.54) is 11.8 Å². The monoisotopic (exact) mass is 219 g/mol. The molecule has 1 aliphatic heterocycles. The number of carbonyl (C=O) groups is 2. The minimum absolute atomic E-state index is 0.0400. The Morgan fingerprint density at radius 2 is 2.12 bits per heavy atom. The van der Waals surface area contributed by atoms with Crippen molar-refractivity contribution in [3.63, 3.8) is 0 Å². The summed E-state index contributed by atoms with van der Waals surface area (Å²) in [5, 5.41) is 0. The maximum Gasteiger partial charge on any atom is 0.410 e. The molecule has 1 aromatic rings. The fraction of sp³-hybridized carbons (Fsp3) is 0.333. The first kappa shape index (κ1) is 10.7. The van der Waals surface area contributed by atoms with E-state index in [0.29, 0.717) is 6.54 Å². The minimum Gasteiger partial charge on any atom is -0.447 e. The Morgan fingerprint density at radius 1 is 1.44 bits per heavy atom. The number of hydrogen-bond donors (Lipinski definition) is 0. The molecule has 0 spiro atoms. The van der Waals surface area contributed by atoms with Crippen LogP contribution in [0.5, 0.6) is 0 Å². The number of ether oxygens (including phenoxy) is 1. The molecule has 1 heterocycles. The number of Topliss-reactive ketones (excluding diaryl/α,β-unsaturated/α-hetero) is 1. The summed E-state index contributed by atoms with van der Waals surface area (Å²) in [7, 11) is 0. The van der Waals surface area contributed by atoms with Crippen LogP contribution in [-0.2, 0) is 16.1 Å². The van der Waals surface area contributed by atoms with Crippen LogP contribution >= 0.6 is 0 Å². The zero-order valence-corrected chi connectivity index (χ0v) is 9.05. The first-order chi connectivity index (χ1) is 7.68. The van der Waals surface area contributed by atoms with Gasteiger partial charge in [0.1, 0.15) is 12.6 Å². The van der Waals surface area contributed by atoms with Crippen LogP contribution in [0.15, 0.2) is 30.3 Å². The average molecular weight is 219 g/mol. The van der Waals surface area contributed by atoms with Crippen LogP contribution in [0.25, 0.3) is 0 Å². The van der Waals surface area contributed by atoms with Gasteiger partial charge in [-0.2, -0.15) is 0 Å². The average Bonchev–Trinajstić information content (AvgIpc) is 2.62. The van der Waals surface area contributed by atoms with Crippen molar-refractivity contribution in [2.24, 2.45) is 0 Å². The van der Waals surface area contributed by atoms with E-state index in [1.807, 2.05) is 30.3 Å². The molecule has 4 heteroatoms. The zero-order chi connectivity index (χ0) is 11.5. The Balaban J connectivity index is 2.13. The van der Waals surface area contributed by atoms with Gasteiger partial charge in [0, 0.05) is 6.54 Å². The molecule has 16 heavy (non-hydrogen) atoms. The van der Waals surface area contributed by atoms with Gasteiger partial charge in [-0.15, -0.1) is 0 Å². The molecule has 0 aliphatic carbocycles. The molecule has 1 aliphatic rings. The van der Waals surface area contributed by atoms with Gasteiger partial charge >= 0.3 is 6.09 Å². The summed E-state index contributed by atoms with van der Waals surface area (Å²) in [6, 6.07) is 9.12. The van der Waals surface area contributed by atoms with Crippen LogP contribution in [0.2, 0.25) is 0 Å². The molecule has 4 nitrogen and oxygen atoms in total. The van der Waals surface area contributed by atoms with Crippen LogP contribution in [0.1, 0.15) is 12.5 Å². The molecule has 1 atom stereocenters. The summed E-state index contributed by atoms with van der Waals surface area (Å²) in [5.74, 6) is -0.0400. The molecule has 1 saturated heterocycles. The minimum atomic E-state index is -0.437. The third-order valence-electron chi connectivity index (χ3n) is 2.64. The van der Waals surface area contributed by atoms with Crippen LogP contribution in [0, 0.1) is 0 Å². The van der Waals surface area contributed by atoms with Crippen molar-refractivity contribution < 1.29 is 14.3 Å². The Morgan fingerprint density at radius 3 is 2.75 bits per heavy atom. The van der Waals surface area contributed by atoms with Gasteiger partial charge in [0.25, 0.3) is 0 Å². The van der Waals surface area contributed by atoms with E-state index in [4.69, 9.17) is 4.74 Å². The zero-order valence-electron chi connectivity index (χ0n) is 9.05.